The molecule has 0 unspecified atom stereocenters. The van der Waals surface area contributed by atoms with Gasteiger partial charge in [-0.3, -0.25) is 0 Å². The number of ether oxygens (including phenoxy) is 1. The number of hydrogen-bond donors (Lipinski definition) is 1. The lowest BCUT2D eigenvalue weighted by atomic mass is 10.0. The van der Waals surface area contributed by atoms with Gasteiger partial charge in [0.1, 0.15) is 12.4 Å². The number of rotatable bonds is 4. The van der Waals surface area contributed by atoms with E-state index < -0.39 is 0 Å². The summed E-state index contributed by atoms with van der Waals surface area (Å²) < 4.78 is 5.61. The summed E-state index contributed by atoms with van der Waals surface area (Å²) in [6, 6.07) is 15.7. The summed E-state index contributed by atoms with van der Waals surface area (Å²) in [5, 5.41) is 0.611. The third kappa shape index (κ3) is 2.78. The van der Waals surface area contributed by atoms with Crippen molar-refractivity contribution >= 4 is 11.6 Å². The quantitative estimate of drug-likeness (QED) is 0.899. The maximum Gasteiger partial charge on any atom is 0.145 e. The SMILES string of the molecule is NCCOc1c(Cl)cccc1-c1ccccc1. The van der Waals surface area contributed by atoms with Gasteiger partial charge in [0.25, 0.3) is 0 Å². The number of halogens is 1. The molecule has 0 heterocycles. The average Bonchev–Trinajstić information content (AvgIpc) is 2.38. The van der Waals surface area contributed by atoms with Crippen molar-refractivity contribution < 1.29 is 4.74 Å². The van der Waals surface area contributed by atoms with Gasteiger partial charge in [-0.05, 0) is 11.6 Å². The molecule has 0 aliphatic rings. The number of para-hydroxylation sites is 1. The molecular formula is C14H14ClNO. The highest BCUT2D eigenvalue weighted by Crippen LogP contribution is 2.35. The van der Waals surface area contributed by atoms with Crippen LogP contribution in [0.3, 0.4) is 0 Å². The van der Waals surface area contributed by atoms with Gasteiger partial charge >= 0.3 is 0 Å². The normalized spacial score (nSPS) is 10.2. The van der Waals surface area contributed by atoms with Crippen molar-refractivity contribution in [2.75, 3.05) is 13.2 Å². The molecular weight excluding hydrogens is 234 g/mol. The summed E-state index contributed by atoms with van der Waals surface area (Å²) in [7, 11) is 0. The second-order valence-electron chi connectivity index (χ2n) is 3.62. The van der Waals surface area contributed by atoms with Gasteiger partial charge in [-0.1, -0.05) is 54.1 Å². The highest BCUT2D eigenvalue weighted by Gasteiger charge is 2.09. The molecule has 0 atom stereocenters. The minimum absolute atomic E-state index is 0.462. The van der Waals surface area contributed by atoms with Gasteiger partial charge in [-0.15, -0.1) is 0 Å². The van der Waals surface area contributed by atoms with Gasteiger partial charge in [0.05, 0.1) is 5.02 Å². The Morgan fingerprint density at radius 2 is 1.76 bits per heavy atom. The van der Waals surface area contributed by atoms with Crippen molar-refractivity contribution in [3.8, 4) is 16.9 Å². The molecule has 3 heteroatoms. The first-order valence-electron chi connectivity index (χ1n) is 5.49. The minimum Gasteiger partial charge on any atom is -0.490 e. The van der Waals surface area contributed by atoms with Crippen LogP contribution in [0.15, 0.2) is 48.5 Å². The maximum atomic E-state index is 6.15. The van der Waals surface area contributed by atoms with Gasteiger partial charge in [0, 0.05) is 12.1 Å². The second kappa shape index (κ2) is 5.71. The van der Waals surface area contributed by atoms with Crippen molar-refractivity contribution in [3.63, 3.8) is 0 Å². The lowest BCUT2D eigenvalue weighted by Gasteiger charge is -2.12. The van der Waals surface area contributed by atoms with E-state index in [-0.39, 0.29) is 0 Å². The van der Waals surface area contributed by atoms with Crippen LogP contribution in [-0.2, 0) is 0 Å². The van der Waals surface area contributed by atoms with Crippen LogP contribution >= 0.6 is 11.6 Å². The van der Waals surface area contributed by atoms with E-state index in [0.717, 1.165) is 11.1 Å². The molecule has 0 bridgehead atoms. The number of hydrogen-bond acceptors (Lipinski definition) is 2. The maximum absolute atomic E-state index is 6.15. The Morgan fingerprint density at radius 1 is 1.00 bits per heavy atom. The van der Waals surface area contributed by atoms with Crippen LogP contribution in [0.25, 0.3) is 11.1 Å². The average molecular weight is 248 g/mol. The van der Waals surface area contributed by atoms with Gasteiger partial charge in [-0.25, -0.2) is 0 Å². The van der Waals surface area contributed by atoms with Crippen molar-refractivity contribution in [2.24, 2.45) is 5.73 Å². The fraction of sp³-hybridized carbons (Fsp3) is 0.143. The van der Waals surface area contributed by atoms with Gasteiger partial charge < -0.3 is 10.5 Å². The van der Waals surface area contributed by atoms with Crippen molar-refractivity contribution in [1.82, 2.24) is 0 Å². The lowest BCUT2D eigenvalue weighted by Crippen LogP contribution is -2.11. The van der Waals surface area contributed by atoms with Crippen LogP contribution in [0, 0.1) is 0 Å². The zero-order valence-electron chi connectivity index (χ0n) is 9.40. The molecule has 17 heavy (non-hydrogen) atoms. The molecule has 2 rings (SSSR count). The van der Waals surface area contributed by atoms with Crippen molar-refractivity contribution in [2.45, 2.75) is 0 Å². The van der Waals surface area contributed by atoms with E-state index in [1.165, 1.54) is 0 Å². The van der Waals surface area contributed by atoms with Gasteiger partial charge in [-0.2, -0.15) is 0 Å². The van der Waals surface area contributed by atoms with Crippen molar-refractivity contribution in [3.05, 3.63) is 53.6 Å². The van der Waals surface area contributed by atoms with Crippen LogP contribution < -0.4 is 10.5 Å². The van der Waals surface area contributed by atoms with E-state index in [1.807, 2.05) is 48.5 Å². The Labute approximate surface area is 106 Å². The highest BCUT2D eigenvalue weighted by atomic mass is 35.5. The molecule has 0 spiro atoms. The molecule has 0 saturated carbocycles. The third-order valence-corrected chi connectivity index (χ3v) is 2.71. The van der Waals surface area contributed by atoms with Crippen LogP contribution in [0.1, 0.15) is 0 Å². The smallest absolute Gasteiger partial charge is 0.145 e. The molecule has 0 radical (unpaired) electrons. The summed E-state index contributed by atoms with van der Waals surface area (Å²) in [4.78, 5) is 0. The van der Waals surface area contributed by atoms with Crippen LogP contribution in [0.2, 0.25) is 5.02 Å². The molecule has 2 N–H and O–H groups in total. The molecule has 0 saturated heterocycles. The first-order valence-corrected chi connectivity index (χ1v) is 5.87. The first-order chi connectivity index (χ1) is 8.33. The van der Waals surface area contributed by atoms with E-state index >= 15 is 0 Å². The Balaban J connectivity index is 2.43. The van der Waals surface area contributed by atoms with Gasteiger partial charge in [0.2, 0.25) is 0 Å². The second-order valence-corrected chi connectivity index (χ2v) is 4.03. The summed E-state index contributed by atoms with van der Waals surface area (Å²) in [5.41, 5.74) is 7.52. The first kappa shape index (κ1) is 12.0. The Kier molecular flexibility index (Phi) is 4.02. The molecule has 88 valence electrons. The molecule has 0 aromatic heterocycles. The molecule has 0 amide bonds. The molecule has 2 aromatic rings. The van der Waals surface area contributed by atoms with Crippen molar-refractivity contribution in [1.29, 1.82) is 0 Å². The third-order valence-electron chi connectivity index (χ3n) is 2.42. The lowest BCUT2D eigenvalue weighted by molar-refractivity contribution is 0.330. The standard InChI is InChI=1S/C14H14ClNO/c15-13-8-4-7-12(14(13)17-10-9-16)11-5-2-1-3-6-11/h1-8H,9-10,16H2. The monoisotopic (exact) mass is 247 g/mol. The predicted molar refractivity (Wildman–Crippen MR) is 71.4 cm³/mol. The highest BCUT2D eigenvalue weighted by molar-refractivity contribution is 6.32. The van der Waals surface area contributed by atoms with E-state index in [2.05, 4.69) is 0 Å². The van der Waals surface area contributed by atoms with Crippen LogP contribution in [-0.4, -0.2) is 13.2 Å². The number of benzene rings is 2. The summed E-state index contributed by atoms with van der Waals surface area (Å²) in [6.45, 7) is 0.934. The van der Waals surface area contributed by atoms with E-state index in [4.69, 9.17) is 22.1 Å². The van der Waals surface area contributed by atoms with Gasteiger partial charge in [0.15, 0.2) is 0 Å². The Bertz CT molecular complexity index is 485. The van der Waals surface area contributed by atoms with Crippen LogP contribution in [0.4, 0.5) is 0 Å². The summed E-state index contributed by atoms with van der Waals surface area (Å²) >= 11 is 6.15. The zero-order valence-corrected chi connectivity index (χ0v) is 10.2. The molecule has 2 aromatic carbocycles. The van der Waals surface area contributed by atoms with E-state index in [9.17, 15) is 0 Å². The minimum atomic E-state index is 0.462. The topological polar surface area (TPSA) is 35.2 Å². The fourth-order valence-electron chi connectivity index (χ4n) is 1.66. The number of nitrogens with two attached hydrogens (primary N) is 1. The molecule has 0 fully saturated rings. The molecule has 0 aliphatic carbocycles. The summed E-state index contributed by atoms with van der Waals surface area (Å²) in [5.74, 6) is 0.700. The zero-order chi connectivity index (χ0) is 12.1. The Morgan fingerprint density at radius 3 is 2.47 bits per heavy atom. The summed E-state index contributed by atoms with van der Waals surface area (Å²) in [6.07, 6.45) is 0. The van der Waals surface area contributed by atoms with Crippen LogP contribution in [0.5, 0.6) is 5.75 Å². The largest absolute Gasteiger partial charge is 0.490 e. The Hall–Kier alpha value is -1.51. The van der Waals surface area contributed by atoms with E-state index in [1.54, 1.807) is 0 Å². The molecule has 0 aliphatic heterocycles. The molecule has 2 nitrogen and oxygen atoms in total. The fourth-order valence-corrected chi connectivity index (χ4v) is 1.89. The predicted octanol–water partition coefficient (Wildman–Crippen LogP) is 3.34. The van der Waals surface area contributed by atoms with E-state index in [0.29, 0.717) is 23.9 Å².